The van der Waals surface area contributed by atoms with Gasteiger partial charge in [0.05, 0.1) is 11.4 Å². The van der Waals surface area contributed by atoms with Crippen LogP contribution in [0.2, 0.25) is 0 Å². The molecule has 0 aliphatic rings. The Kier molecular flexibility index (Phi) is 7.41. The number of nitrogens with one attached hydrogen (secondary N) is 1. The largest absolute Gasteiger partial charge is 0.366 e. The van der Waals surface area contributed by atoms with Crippen molar-refractivity contribution >= 4 is 27.5 Å². The van der Waals surface area contributed by atoms with Crippen LogP contribution in [0.4, 0.5) is 5.69 Å². The molecular formula is C17H27N3O4S. The summed E-state index contributed by atoms with van der Waals surface area (Å²) in [4.78, 5) is 23.8. The molecule has 0 radical (unpaired) electrons. The van der Waals surface area contributed by atoms with E-state index >= 15 is 0 Å². The van der Waals surface area contributed by atoms with E-state index in [-0.39, 0.29) is 22.6 Å². The standard InChI is InChI=1S/C17H27N3O4S/c1-4-7-11-13(16(18)21)10-14(17(19)22)12(8-5-2)15(11)20-25(23,24)9-6-3/h10,20H,4-9H2,1-3H3,(H2,18,21)(H2,19,22). The molecule has 0 aliphatic carbocycles. The molecule has 1 aromatic rings. The van der Waals surface area contributed by atoms with Crippen molar-refractivity contribution in [1.29, 1.82) is 0 Å². The van der Waals surface area contributed by atoms with E-state index in [9.17, 15) is 18.0 Å². The molecule has 0 spiro atoms. The summed E-state index contributed by atoms with van der Waals surface area (Å²) in [5, 5.41) is 0. The van der Waals surface area contributed by atoms with E-state index in [2.05, 4.69) is 4.72 Å². The number of sulfonamides is 1. The summed E-state index contributed by atoms with van der Waals surface area (Å²) in [5.41, 5.74) is 12.5. The van der Waals surface area contributed by atoms with Gasteiger partial charge in [0.2, 0.25) is 21.8 Å². The van der Waals surface area contributed by atoms with Gasteiger partial charge in [0.1, 0.15) is 0 Å². The van der Waals surface area contributed by atoms with Gasteiger partial charge in [0, 0.05) is 11.1 Å². The predicted octanol–water partition coefficient (Wildman–Crippen LogP) is 1.94. The summed E-state index contributed by atoms with van der Waals surface area (Å²) in [5.74, 6) is -1.49. The van der Waals surface area contributed by atoms with E-state index in [0.29, 0.717) is 43.2 Å². The molecule has 0 unspecified atom stereocenters. The molecule has 0 saturated heterocycles. The van der Waals surface area contributed by atoms with Crippen LogP contribution in [0.25, 0.3) is 0 Å². The van der Waals surface area contributed by atoms with Crippen LogP contribution < -0.4 is 16.2 Å². The van der Waals surface area contributed by atoms with Crippen molar-refractivity contribution in [3.8, 4) is 0 Å². The Hall–Kier alpha value is -2.09. The molecule has 7 nitrogen and oxygen atoms in total. The Labute approximate surface area is 149 Å². The number of primary amides is 2. The Bertz CT molecular complexity index is 715. The van der Waals surface area contributed by atoms with Gasteiger partial charge in [-0.05, 0) is 36.5 Å². The van der Waals surface area contributed by atoms with Crippen molar-refractivity contribution in [2.24, 2.45) is 11.5 Å². The lowest BCUT2D eigenvalue weighted by Gasteiger charge is -2.21. The van der Waals surface area contributed by atoms with Crippen molar-refractivity contribution in [2.45, 2.75) is 52.9 Å². The lowest BCUT2D eigenvalue weighted by atomic mass is 9.90. The van der Waals surface area contributed by atoms with Gasteiger partial charge in [0.15, 0.2) is 0 Å². The summed E-state index contributed by atoms with van der Waals surface area (Å²) in [6.45, 7) is 5.58. The molecule has 0 fully saturated rings. The smallest absolute Gasteiger partial charge is 0.249 e. The molecule has 0 bridgehead atoms. The van der Waals surface area contributed by atoms with Crippen molar-refractivity contribution in [1.82, 2.24) is 0 Å². The highest BCUT2D eigenvalue weighted by Gasteiger charge is 2.24. The number of benzene rings is 1. The maximum atomic E-state index is 12.3. The lowest BCUT2D eigenvalue weighted by Crippen LogP contribution is -2.25. The van der Waals surface area contributed by atoms with Crippen LogP contribution in [0.3, 0.4) is 0 Å². The highest BCUT2D eigenvalue weighted by atomic mass is 32.2. The second-order valence-corrected chi connectivity index (χ2v) is 7.80. The molecule has 0 aliphatic heterocycles. The Morgan fingerprint density at radius 2 is 1.36 bits per heavy atom. The molecule has 25 heavy (non-hydrogen) atoms. The number of rotatable bonds is 10. The quantitative estimate of drug-likeness (QED) is 0.581. The fourth-order valence-electron chi connectivity index (χ4n) is 2.83. The summed E-state index contributed by atoms with van der Waals surface area (Å²) >= 11 is 0. The van der Waals surface area contributed by atoms with Crippen LogP contribution in [0.1, 0.15) is 71.9 Å². The minimum absolute atomic E-state index is 0.0587. The van der Waals surface area contributed by atoms with Crippen molar-refractivity contribution in [3.63, 3.8) is 0 Å². The molecule has 1 rings (SSSR count). The first-order valence-electron chi connectivity index (χ1n) is 8.47. The second kappa shape index (κ2) is 8.84. The molecular weight excluding hydrogens is 342 g/mol. The van der Waals surface area contributed by atoms with E-state index in [4.69, 9.17) is 11.5 Å². The number of carbonyl (C=O) groups excluding carboxylic acids is 2. The predicted molar refractivity (Wildman–Crippen MR) is 99.2 cm³/mol. The minimum Gasteiger partial charge on any atom is -0.366 e. The molecule has 1 aromatic carbocycles. The van der Waals surface area contributed by atoms with E-state index in [0.717, 1.165) is 0 Å². The first kappa shape index (κ1) is 21.0. The number of hydrogen-bond acceptors (Lipinski definition) is 4. The Morgan fingerprint density at radius 3 is 1.68 bits per heavy atom. The fourth-order valence-corrected chi connectivity index (χ4v) is 4.02. The first-order chi connectivity index (χ1) is 11.7. The van der Waals surface area contributed by atoms with Gasteiger partial charge in [-0.25, -0.2) is 8.42 Å². The zero-order valence-electron chi connectivity index (χ0n) is 15.0. The zero-order valence-corrected chi connectivity index (χ0v) is 15.8. The second-order valence-electron chi connectivity index (χ2n) is 5.95. The van der Waals surface area contributed by atoms with Gasteiger partial charge >= 0.3 is 0 Å². The molecule has 2 amide bonds. The maximum absolute atomic E-state index is 12.3. The van der Waals surface area contributed by atoms with Crippen LogP contribution in [-0.4, -0.2) is 26.0 Å². The number of carbonyl (C=O) groups is 2. The first-order valence-corrected chi connectivity index (χ1v) is 10.1. The summed E-state index contributed by atoms with van der Waals surface area (Å²) in [7, 11) is -3.61. The average molecular weight is 369 g/mol. The van der Waals surface area contributed by atoms with E-state index in [1.54, 1.807) is 6.92 Å². The summed E-state index contributed by atoms with van der Waals surface area (Å²) in [6, 6.07) is 1.39. The molecule has 0 heterocycles. The monoisotopic (exact) mass is 369 g/mol. The Balaban J connectivity index is 3.80. The van der Waals surface area contributed by atoms with Gasteiger partial charge in [0.25, 0.3) is 0 Å². The van der Waals surface area contributed by atoms with Crippen LogP contribution in [0.15, 0.2) is 6.07 Å². The highest BCUT2D eigenvalue weighted by Crippen LogP contribution is 2.32. The zero-order chi connectivity index (χ0) is 19.2. The molecule has 140 valence electrons. The molecule has 5 N–H and O–H groups in total. The third-order valence-corrected chi connectivity index (χ3v) is 5.26. The topological polar surface area (TPSA) is 132 Å². The maximum Gasteiger partial charge on any atom is 0.249 e. The SMILES string of the molecule is CCCc1c(C(N)=O)cc(C(N)=O)c(CCC)c1NS(=O)(=O)CCC. The van der Waals surface area contributed by atoms with Crippen molar-refractivity contribution in [3.05, 3.63) is 28.3 Å². The van der Waals surface area contributed by atoms with Gasteiger partial charge in [-0.15, -0.1) is 0 Å². The molecule has 8 heteroatoms. The number of amides is 2. The third-order valence-electron chi connectivity index (χ3n) is 3.80. The third kappa shape index (κ3) is 5.19. The molecule has 0 atom stereocenters. The fraction of sp³-hybridized carbons (Fsp3) is 0.529. The molecule has 0 saturated carbocycles. The summed E-state index contributed by atoms with van der Waals surface area (Å²) < 4.78 is 27.2. The highest BCUT2D eigenvalue weighted by molar-refractivity contribution is 7.92. The normalized spacial score (nSPS) is 11.3. The minimum atomic E-state index is -3.61. The van der Waals surface area contributed by atoms with E-state index in [1.165, 1.54) is 6.07 Å². The summed E-state index contributed by atoms with van der Waals surface area (Å²) in [6.07, 6.45) is 2.73. The number of anilines is 1. The number of nitrogens with two attached hydrogens (primary N) is 2. The van der Waals surface area contributed by atoms with Gasteiger partial charge in [-0.2, -0.15) is 0 Å². The van der Waals surface area contributed by atoms with Crippen LogP contribution >= 0.6 is 0 Å². The van der Waals surface area contributed by atoms with Crippen LogP contribution in [-0.2, 0) is 22.9 Å². The van der Waals surface area contributed by atoms with Crippen LogP contribution in [0, 0.1) is 0 Å². The number of hydrogen-bond donors (Lipinski definition) is 3. The average Bonchev–Trinajstić information content (AvgIpc) is 2.49. The van der Waals surface area contributed by atoms with Gasteiger partial charge in [-0.3, -0.25) is 14.3 Å². The van der Waals surface area contributed by atoms with Crippen molar-refractivity contribution in [2.75, 3.05) is 10.5 Å². The van der Waals surface area contributed by atoms with Gasteiger partial charge < -0.3 is 11.5 Å². The van der Waals surface area contributed by atoms with Gasteiger partial charge in [-0.1, -0.05) is 33.6 Å². The van der Waals surface area contributed by atoms with E-state index < -0.39 is 21.8 Å². The lowest BCUT2D eigenvalue weighted by molar-refractivity contribution is 0.0998. The van der Waals surface area contributed by atoms with E-state index in [1.807, 2.05) is 13.8 Å². The Morgan fingerprint density at radius 1 is 0.920 bits per heavy atom. The van der Waals surface area contributed by atoms with Crippen LogP contribution in [0.5, 0.6) is 0 Å². The van der Waals surface area contributed by atoms with Crippen molar-refractivity contribution < 1.29 is 18.0 Å². The molecule has 0 aromatic heterocycles.